The Morgan fingerprint density at radius 1 is 0.783 bits per heavy atom. The van der Waals surface area contributed by atoms with E-state index in [0.717, 1.165) is 11.1 Å². The molecule has 0 aliphatic rings. The molecule has 0 aliphatic carbocycles. The SMILES string of the molecule is Cc1cccc(C=NCCN=Cc2cccc(C)c2O)c1O.[Fe]. The molecule has 0 spiro atoms. The van der Waals surface area contributed by atoms with Crippen LogP contribution in [0.5, 0.6) is 11.5 Å². The number of aromatic hydroxyl groups is 2. The van der Waals surface area contributed by atoms with Gasteiger partial charge in [-0.2, -0.15) is 0 Å². The maximum Gasteiger partial charge on any atom is 0.127 e. The van der Waals surface area contributed by atoms with Gasteiger partial charge in [-0.3, -0.25) is 9.98 Å². The van der Waals surface area contributed by atoms with E-state index in [2.05, 4.69) is 9.98 Å². The van der Waals surface area contributed by atoms with E-state index in [1.165, 1.54) is 0 Å². The molecule has 23 heavy (non-hydrogen) atoms. The van der Waals surface area contributed by atoms with Gasteiger partial charge in [-0.05, 0) is 37.1 Å². The number of phenolic OH excluding ortho intramolecular Hbond substituents is 2. The standard InChI is InChI=1S/C18H20N2O2.Fe/c1-13-5-3-7-15(17(13)21)11-19-9-10-20-12-16-8-4-6-14(2)18(16)22;/h3-8,11-12,21-22H,9-10H2,1-2H3;. The number of aryl methyl sites for hydroxylation is 2. The number of hydrogen-bond donors (Lipinski definition) is 2. The molecular formula is C18H20FeN2O2. The van der Waals surface area contributed by atoms with Crippen molar-refractivity contribution < 1.29 is 27.3 Å². The quantitative estimate of drug-likeness (QED) is 0.493. The number of phenols is 2. The molecule has 0 saturated carbocycles. The molecule has 2 rings (SSSR count). The summed E-state index contributed by atoms with van der Waals surface area (Å²) in [7, 11) is 0. The number of rotatable bonds is 5. The summed E-state index contributed by atoms with van der Waals surface area (Å²) in [6.45, 7) is 4.75. The molecular weight excluding hydrogens is 332 g/mol. The van der Waals surface area contributed by atoms with E-state index < -0.39 is 0 Å². The molecule has 122 valence electrons. The Kier molecular flexibility index (Phi) is 7.52. The van der Waals surface area contributed by atoms with Gasteiger partial charge in [0.1, 0.15) is 11.5 Å². The molecule has 0 heterocycles. The predicted octanol–water partition coefficient (Wildman–Crippen LogP) is 3.25. The van der Waals surface area contributed by atoms with E-state index in [1.807, 2.05) is 50.2 Å². The van der Waals surface area contributed by atoms with Gasteiger partial charge < -0.3 is 10.2 Å². The van der Waals surface area contributed by atoms with Gasteiger partial charge in [-0.15, -0.1) is 0 Å². The maximum absolute atomic E-state index is 9.86. The Morgan fingerprint density at radius 2 is 1.17 bits per heavy atom. The zero-order chi connectivity index (χ0) is 15.9. The van der Waals surface area contributed by atoms with Crippen LogP contribution in [0.1, 0.15) is 22.3 Å². The average molecular weight is 352 g/mol. The first-order chi connectivity index (χ1) is 10.6. The normalized spacial score (nSPS) is 11.0. The first-order valence-electron chi connectivity index (χ1n) is 7.16. The number of aliphatic imine (C=N–C) groups is 2. The molecule has 0 atom stereocenters. The van der Waals surface area contributed by atoms with Crippen LogP contribution in [-0.4, -0.2) is 35.7 Å². The Bertz CT molecular complexity index is 651. The summed E-state index contributed by atoms with van der Waals surface area (Å²) in [6.07, 6.45) is 3.31. The molecule has 4 nitrogen and oxygen atoms in total. The number of nitrogens with zero attached hydrogens (tertiary/aromatic N) is 2. The summed E-state index contributed by atoms with van der Waals surface area (Å²) >= 11 is 0. The van der Waals surface area contributed by atoms with Gasteiger partial charge in [0, 0.05) is 40.6 Å². The van der Waals surface area contributed by atoms with Crippen LogP contribution in [0.4, 0.5) is 0 Å². The van der Waals surface area contributed by atoms with Gasteiger partial charge in [0.15, 0.2) is 0 Å². The fourth-order valence-corrected chi connectivity index (χ4v) is 2.01. The van der Waals surface area contributed by atoms with Gasteiger partial charge in [-0.25, -0.2) is 0 Å². The van der Waals surface area contributed by atoms with Crippen LogP contribution in [-0.2, 0) is 17.1 Å². The summed E-state index contributed by atoms with van der Waals surface area (Å²) in [5.74, 6) is 0.527. The Morgan fingerprint density at radius 3 is 1.57 bits per heavy atom. The maximum atomic E-state index is 9.86. The van der Waals surface area contributed by atoms with E-state index in [4.69, 9.17) is 0 Å². The fourth-order valence-electron chi connectivity index (χ4n) is 2.01. The third kappa shape index (κ3) is 5.23. The van der Waals surface area contributed by atoms with Crippen molar-refractivity contribution in [3.63, 3.8) is 0 Å². The summed E-state index contributed by atoms with van der Waals surface area (Å²) < 4.78 is 0. The number of para-hydroxylation sites is 2. The van der Waals surface area contributed by atoms with E-state index in [-0.39, 0.29) is 28.6 Å². The van der Waals surface area contributed by atoms with E-state index in [0.29, 0.717) is 24.2 Å². The van der Waals surface area contributed by atoms with Crippen molar-refractivity contribution in [2.24, 2.45) is 9.98 Å². The molecule has 0 aliphatic heterocycles. The van der Waals surface area contributed by atoms with Crippen molar-refractivity contribution in [2.75, 3.05) is 13.1 Å². The summed E-state index contributed by atoms with van der Waals surface area (Å²) in [6, 6.07) is 11.1. The molecule has 0 aromatic heterocycles. The zero-order valence-corrected chi connectivity index (χ0v) is 14.3. The molecule has 0 radical (unpaired) electrons. The molecule has 0 saturated heterocycles. The second-order valence-corrected chi connectivity index (χ2v) is 5.10. The Hall–Kier alpha value is -2.10. The summed E-state index contributed by atoms with van der Waals surface area (Å²) in [5.41, 5.74) is 3.08. The van der Waals surface area contributed by atoms with E-state index >= 15 is 0 Å². The molecule has 0 fully saturated rings. The zero-order valence-electron chi connectivity index (χ0n) is 13.2. The largest absolute Gasteiger partial charge is 0.507 e. The van der Waals surface area contributed by atoms with Crippen molar-refractivity contribution in [2.45, 2.75) is 13.8 Å². The van der Waals surface area contributed by atoms with Crippen molar-refractivity contribution in [3.8, 4) is 11.5 Å². The monoisotopic (exact) mass is 352 g/mol. The predicted molar refractivity (Wildman–Crippen MR) is 90.6 cm³/mol. The Labute approximate surface area is 147 Å². The molecule has 5 heteroatoms. The van der Waals surface area contributed by atoms with Gasteiger partial charge >= 0.3 is 0 Å². The van der Waals surface area contributed by atoms with Crippen molar-refractivity contribution in [1.29, 1.82) is 0 Å². The van der Waals surface area contributed by atoms with Crippen LogP contribution >= 0.6 is 0 Å². The number of benzene rings is 2. The number of hydrogen-bond acceptors (Lipinski definition) is 4. The minimum absolute atomic E-state index is 0. The first-order valence-corrected chi connectivity index (χ1v) is 7.16. The molecule has 0 bridgehead atoms. The minimum atomic E-state index is 0. The summed E-state index contributed by atoms with van der Waals surface area (Å²) in [4.78, 5) is 8.51. The van der Waals surface area contributed by atoms with Crippen LogP contribution in [0.2, 0.25) is 0 Å². The van der Waals surface area contributed by atoms with E-state index in [1.54, 1.807) is 12.4 Å². The molecule has 2 aromatic carbocycles. The van der Waals surface area contributed by atoms with Crippen LogP contribution in [0.25, 0.3) is 0 Å². The van der Waals surface area contributed by atoms with Crippen LogP contribution in [0.15, 0.2) is 46.4 Å². The first kappa shape index (κ1) is 18.9. The second kappa shape index (κ2) is 9.13. The summed E-state index contributed by atoms with van der Waals surface area (Å²) in [5, 5.41) is 19.7. The van der Waals surface area contributed by atoms with Crippen molar-refractivity contribution in [1.82, 2.24) is 0 Å². The molecule has 0 unspecified atom stereocenters. The molecule has 0 amide bonds. The Balaban J connectivity index is 0.00000264. The minimum Gasteiger partial charge on any atom is -0.507 e. The third-order valence-electron chi connectivity index (χ3n) is 3.36. The van der Waals surface area contributed by atoms with Crippen molar-refractivity contribution >= 4 is 12.4 Å². The topological polar surface area (TPSA) is 65.2 Å². The van der Waals surface area contributed by atoms with E-state index in [9.17, 15) is 10.2 Å². The van der Waals surface area contributed by atoms with Gasteiger partial charge in [0.25, 0.3) is 0 Å². The van der Waals surface area contributed by atoms with Gasteiger partial charge in [-0.1, -0.05) is 24.3 Å². The van der Waals surface area contributed by atoms with Gasteiger partial charge in [0.2, 0.25) is 0 Å². The second-order valence-electron chi connectivity index (χ2n) is 5.10. The van der Waals surface area contributed by atoms with Crippen LogP contribution < -0.4 is 0 Å². The third-order valence-corrected chi connectivity index (χ3v) is 3.36. The smallest absolute Gasteiger partial charge is 0.127 e. The van der Waals surface area contributed by atoms with Gasteiger partial charge in [0.05, 0.1) is 13.1 Å². The van der Waals surface area contributed by atoms with Crippen LogP contribution in [0.3, 0.4) is 0 Å². The molecule has 2 N–H and O–H groups in total. The van der Waals surface area contributed by atoms with Crippen LogP contribution in [0, 0.1) is 13.8 Å². The fraction of sp³-hybridized carbons (Fsp3) is 0.222. The molecule has 2 aromatic rings. The van der Waals surface area contributed by atoms with Crippen molar-refractivity contribution in [3.05, 3.63) is 58.7 Å². The average Bonchev–Trinajstić information content (AvgIpc) is 2.51.